The van der Waals surface area contributed by atoms with E-state index in [-0.39, 0.29) is 36.7 Å². The summed E-state index contributed by atoms with van der Waals surface area (Å²) in [6.07, 6.45) is 1.04. The number of cyclic esters (lactones) is 1. The van der Waals surface area contributed by atoms with Crippen molar-refractivity contribution in [3.8, 4) is 11.8 Å². The van der Waals surface area contributed by atoms with E-state index < -0.39 is 5.41 Å². The van der Waals surface area contributed by atoms with Crippen molar-refractivity contribution in [2.45, 2.75) is 38.4 Å². The molecule has 2 aliphatic heterocycles. The van der Waals surface area contributed by atoms with Crippen molar-refractivity contribution in [3.05, 3.63) is 106 Å². The zero-order valence-corrected chi connectivity index (χ0v) is 24.9. The summed E-state index contributed by atoms with van der Waals surface area (Å²) in [7, 11) is 3.33. The third-order valence-corrected chi connectivity index (χ3v) is 8.75. The Kier molecular flexibility index (Phi) is 7.52. The normalized spacial score (nSPS) is 15.3. The van der Waals surface area contributed by atoms with Crippen LogP contribution in [0.3, 0.4) is 0 Å². The molecular formula is C35H32N4O5. The van der Waals surface area contributed by atoms with E-state index in [1.807, 2.05) is 43.3 Å². The Balaban J connectivity index is 1.25. The van der Waals surface area contributed by atoms with Gasteiger partial charge in [0.25, 0.3) is 11.8 Å². The van der Waals surface area contributed by atoms with Gasteiger partial charge in [-0.25, -0.2) is 9.78 Å². The minimum Gasteiger partial charge on any atom is -0.489 e. The maximum atomic E-state index is 13.7. The van der Waals surface area contributed by atoms with E-state index in [1.165, 1.54) is 4.90 Å². The molecule has 0 saturated carbocycles. The van der Waals surface area contributed by atoms with Gasteiger partial charge in [-0.15, -0.1) is 0 Å². The number of nitrogens with zero attached hydrogens (tertiary/aromatic N) is 4. The number of hydrogen-bond donors (Lipinski definition) is 0. The van der Waals surface area contributed by atoms with Gasteiger partial charge in [0.05, 0.1) is 28.1 Å². The topological polar surface area (TPSA) is 113 Å². The smallest absolute Gasteiger partial charge is 0.338 e. The zero-order valence-electron chi connectivity index (χ0n) is 24.9. The molecule has 2 amide bonds. The van der Waals surface area contributed by atoms with Gasteiger partial charge >= 0.3 is 5.97 Å². The maximum absolute atomic E-state index is 13.7. The number of benzene rings is 3. The molecule has 1 saturated heterocycles. The van der Waals surface area contributed by atoms with Crippen LogP contribution < -0.4 is 4.74 Å². The molecule has 3 aromatic carbocycles. The van der Waals surface area contributed by atoms with Gasteiger partial charge in [0.15, 0.2) is 0 Å². The Morgan fingerprint density at radius 2 is 1.82 bits per heavy atom. The predicted molar refractivity (Wildman–Crippen MR) is 163 cm³/mol. The Hall–Kier alpha value is -5.23. The molecule has 4 aromatic rings. The van der Waals surface area contributed by atoms with E-state index in [1.54, 1.807) is 49.3 Å². The number of rotatable bonds is 6. The monoisotopic (exact) mass is 588 g/mol. The molecule has 9 nitrogen and oxygen atoms in total. The second kappa shape index (κ2) is 11.5. The highest BCUT2D eigenvalue weighted by Gasteiger charge is 2.38. The third-order valence-electron chi connectivity index (χ3n) is 8.75. The number of carbonyl (C=O) groups is 3. The van der Waals surface area contributed by atoms with Crippen molar-refractivity contribution in [1.82, 2.24) is 14.8 Å². The minimum atomic E-state index is -0.638. The van der Waals surface area contributed by atoms with Crippen molar-refractivity contribution >= 4 is 28.7 Å². The second-order valence-corrected chi connectivity index (χ2v) is 11.5. The second-order valence-electron chi connectivity index (χ2n) is 11.5. The van der Waals surface area contributed by atoms with Crippen LogP contribution in [0.15, 0.2) is 66.7 Å². The average Bonchev–Trinajstić information content (AvgIpc) is 3.44. The Bertz CT molecular complexity index is 1840. The predicted octanol–water partition coefficient (Wildman–Crippen LogP) is 5.19. The number of carbonyl (C=O) groups excluding carboxylic acids is 3. The number of fused-ring (bicyclic) bond motifs is 2. The van der Waals surface area contributed by atoms with Crippen molar-refractivity contribution in [2.75, 3.05) is 27.2 Å². The summed E-state index contributed by atoms with van der Waals surface area (Å²) in [6.45, 7) is 3.29. The molecule has 0 aliphatic carbocycles. The van der Waals surface area contributed by atoms with Gasteiger partial charge in [0.2, 0.25) is 0 Å². The van der Waals surface area contributed by atoms with E-state index in [2.05, 4.69) is 11.1 Å². The van der Waals surface area contributed by atoms with Gasteiger partial charge in [-0.1, -0.05) is 36.4 Å². The van der Waals surface area contributed by atoms with Crippen LogP contribution in [-0.4, -0.2) is 59.8 Å². The lowest BCUT2D eigenvalue weighted by Crippen LogP contribution is -2.45. The van der Waals surface area contributed by atoms with Crippen LogP contribution in [0.5, 0.6) is 5.75 Å². The summed E-state index contributed by atoms with van der Waals surface area (Å²) < 4.78 is 11.3. The SMILES string of the molecule is Cc1c(COc2ccc3nc(C(=O)N4CCC(C#N)(c5ccccc5)CC4)cc(C(=O)N(C)C)c3c2)ccc2c1COC2=O. The first kappa shape index (κ1) is 28.9. The molecular weight excluding hydrogens is 556 g/mol. The van der Waals surface area contributed by atoms with Gasteiger partial charge in [0.1, 0.15) is 24.7 Å². The summed E-state index contributed by atoms with van der Waals surface area (Å²) in [5, 5.41) is 10.6. The number of aromatic nitrogens is 1. The maximum Gasteiger partial charge on any atom is 0.338 e. The number of esters is 1. The number of hydrogen-bond acceptors (Lipinski definition) is 7. The fraction of sp³-hybridized carbons (Fsp3) is 0.286. The molecule has 2 aliphatic rings. The average molecular weight is 589 g/mol. The largest absolute Gasteiger partial charge is 0.489 e. The Morgan fingerprint density at radius 1 is 1.07 bits per heavy atom. The van der Waals surface area contributed by atoms with Gasteiger partial charge in [0, 0.05) is 38.1 Å². The minimum absolute atomic E-state index is 0.186. The van der Waals surface area contributed by atoms with Crippen LogP contribution in [-0.2, 0) is 23.4 Å². The number of ether oxygens (including phenoxy) is 2. The number of pyridine rings is 1. The lowest BCUT2D eigenvalue weighted by atomic mass is 9.74. The number of likely N-dealkylation sites (tertiary alicyclic amines) is 1. The molecule has 0 spiro atoms. The van der Waals surface area contributed by atoms with E-state index >= 15 is 0 Å². The molecule has 1 fully saturated rings. The molecule has 1 aromatic heterocycles. The molecule has 3 heterocycles. The Labute approximate surface area is 255 Å². The van der Waals surface area contributed by atoms with Crippen LogP contribution in [0.1, 0.15) is 66.3 Å². The quantitative estimate of drug-likeness (QED) is 0.285. The summed E-state index contributed by atoms with van der Waals surface area (Å²) >= 11 is 0. The molecule has 0 atom stereocenters. The molecule has 0 N–H and O–H groups in total. The molecule has 9 heteroatoms. The zero-order chi connectivity index (χ0) is 31.0. The fourth-order valence-electron chi connectivity index (χ4n) is 6.01. The van der Waals surface area contributed by atoms with Gasteiger partial charge < -0.3 is 19.3 Å². The van der Waals surface area contributed by atoms with Crippen molar-refractivity contribution in [1.29, 1.82) is 5.26 Å². The first-order valence-electron chi connectivity index (χ1n) is 14.5. The first-order valence-corrected chi connectivity index (χ1v) is 14.5. The molecule has 6 rings (SSSR count). The summed E-state index contributed by atoms with van der Waals surface area (Å²) in [6, 6.07) is 22.7. The Morgan fingerprint density at radius 3 is 2.52 bits per heavy atom. The van der Waals surface area contributed by atoms with Crippen LogP contribution in [0.25, 0.3) is 10.9 Å². The van der Waals surface area contributed by atoms with E-state index in [4.69, 9.17) is 9.47 Å². The third kappa shape index (κ3) is 5.13. The highest BCUT2D eigenvalue weighted by Crippen LogP contribution is 2.36. The van der Waals surface area contributed by atoms with Crippen LogP contribution >= 0.6 is 0 Å². The summed E-state index contributed by atoms with van der Waals surface area (Å²) in [5.41, 5.74) is 4.72. The number of piperidine rings is 1. The molecule has 222 valence electrons. The van der Waals surface area contributed by atoms with E-state index in [0.29, 0.717) is 53.7 Å². The molecule has 0 bridgehead atoms. The van der Waals surface area contributed by atoms with Gasteiger partial charge in [-0.05, 0) is 66.8 Å². The standard InChI is InChI=1S/C35H32N4O5/c1-22-23(9-11-26-29(22)20-44-34(26)42)19-43-25-10-12-30-27(17-25)28(32(40)38(2)3)18-31(37-30)33(41)39-15-13-35(21-36,14-16-39)24-7-5-4-6-8-24/h4-12,17-18H,13-16,19-20H2,1-3H3. The molecule has 0 radical (unpaired) electrons. The summed E-state index contributed by atoms with van der Waals surface area (Å²) in [4.78, 5) is 46.7. The lowest BCUT2D eigenvalue weighted by molar-refractivity contribution is 0.0534. The van der Waals surface area contributed by atoms with E-state index in [0.717, 1.165) is 22.3 Å². The number of amides is 2. The van der Waals surface area contributed by atoms with Gasteiger partial charge in [-0.3, -0.25) is 9.59 Å². The highest BCUT2D eigenvalue weighted by molar-refractivity contribution is 6.08. The first-order chi connectivity index (χ1) is 21.2. The van der Waals surface area contributed by atoms with Crippen molar-refractivity contribution in [3.63, 3.8) is 0 Å². The van der Waals surface area contributed by atoms with Crippen LogP contribution in [0.4, 0.5) is 0 Å². The molecule has 44 heavy (non-hydrogen) atoms. The van der Waals surface area contributed by atoms with Crippen molar-refractivity contribution < 1.29 is 23.9 Å². The fourth-order valence-corrected chi connectivity index (χ4v) is 6.01. The van der Waals surface area contributed by atoms with E-state index in [9.17, 15) is 19.6 Å². The summed E-state index contributed by atoms with van der Waals surface area (Å²) in [5.74, 6) is -0.289. The van der Waals surface area contributed by atoms with Gasteiger partial charge in [-0.2, -0.15) is 5.26 Å². The van der Waals surface area contributed by atoms with Crippen LogP contribution in [0, 0.1) is 18.3 Å². The lowest BCUT2D eigenvalue weighted by Gasteiger charge is -2.37. The highest BCUT2D eigenvalue weighted by atomic mass is 16.5. The number of nitriles is 1. The molecule has 0 unspecified atom stereocenters. The van der Waals surface area contributed by atoms with Crippen molar-refractivity contribution in [2.24, 2.45) is 0 Å². The van der Waals surface area contributed by atoms with Crippen LogP contribution in [0.2, 0.25) is 0 Å².